The molecule has 3 aromatic rings. The second-order valence-corrected chi connectivity index (χ2v) is 7.29. The van der Waals surface area contributed by atoms with E-state index >= 15 is 0 Å². The van der Waals surface area contributed by atoms with E-state index in [1.54, 1.807) is 12.3 Å². The van der Waals surface area contributed by atoms with Gasteiger partial charge in [0.15, 0.2) is 6.61 Å². The first-order valence-electron chi connectivity index (χ1n) is 9.67. The Morgan fingerprint density at radius 2 is 1.83 bits per heavy atom. The minimum absolute atomic E-state index is 0.0300. The number of ether oxygens (including phenoxy) is 1. The Balaban J connectivity index is 1.27. The molecule has 1 aromatic heterocycles. The standard InChI is InChI=1S/C24H22N2O3/c27-21(26-17-24(13-14-24)20-9-2-1-3-10-20)16-29-22(28)12-11-19-7-4-6-18-8-5-15-25-23(18)19/h1-12,15H,13-14,16-17H2,(H,26,27)/b12-11+. The van der Waals surface area contributed by atoms with Gasteiger partial charge in [0.25, 0.3) is 5.91 Å². The summed E-state index contributed by atoms with van der Waals surface area (Å²) in [6, 6.07) is 19.8. The molecule has 4 rings (SSSR count). The second-order valence-electron chi connectivity index (χ2n) is 7.29. The van der Waals surface area contributed by atoms with Crippen LogP contribution in [0.4, 0.5) is 0 Å². The molecule has 5 heteroatoms. The van der Waals surface area contributed by atoms with Crippen molar-refractivity contribution in [2.45, 2.75) is 18.3 Å². The molecule has 0 saturated heterocycles. The summed E-state index contributed by atoms with van der Waals surface area (Å²) in [6.45, 7) is 0.271. The molecule has 1 N–H and O–H groups in total. The van der Waals surface area contributed by atoms with Crippen LogP contribution in [0, 0.1) is 0 Å². The van der Waals surface area contributed by atoms with Crippen molar-refractivity contribution in [2.75, 3.05) is 13.2 Å². The first-order chi connectivity index (χ1) is 14.2. The number of carbonyl (C=O) groups excluding carboxylic acids is 2. The fraction of sp³-hybridized carbons (Fsp3) is 0.208. The smallest absolute Gasteiger partial charge is 0.331 e. The average Bonchev–Trinajstić information content (AvgIpc) is 3.56. The highest BCUT2D eigenvalue weighted by molar-refractivity contribution is 5.93. The molecule has 5 nitrogen and oxygen atoms in total. The Kier molecular flexibility index (Phi) is 5.38. The number of esters is 1. The minimum atomic E-state index is -0.558. The fourth-order valence-electron chi connectivity index (χ4n) is 3.43. The summed E-state index contributed by atoms with van der Waals surface area (Å²) >= 11 is 0. The maximum atomic E-state index is 12.1. The molecule has 0 aliphatic heterocycles. The molecule has 1 saturated carbocycles. The van der Waals surface area contributed by atoms with E-state index in [9.17, 15) is 9.59 Å². The van der Waals surface area contributed by atoms with Crippen LogP contribution in [0.2, 0.25) is 0 Å². The van der Waals surface area contributed by atoms with E-state index in [0.717, 1.165) is 29.3 Å². The highest BCUT2D eigenvalue weighted by Gasteiger charge is 2.44. The zero-order valence-corrected chi connectivity index (χ0v) is 16.0. The van der Waals surface area contributed by atoms with Crippen molar-refractivity contribution in [1.82, 2.24) is 10.3 Å². The zero-order valence-electron chi connectivity index (χ0n) is 16.0. The number of fused-ring (bicyclic) bond motifs is 1. The fourth-order valence-corrected chi connectivity index (χ4v) is 3.43. The molecule has 2 aromatic carbocycles. The maximum absolute atomic E-state index is 12.1. The van der Waals surface area contributed by atoms with Gasteiger partial charge in [-0.3, -0.25) is 9.78 Å². The molecule has 1 heterocycles. The van der Waals surface area contributed by atoms with Gasteiger partial charge >= 0.3 is 5.97 Å². The zero-order chi connectivity index (χ0) is 20.1. The van der Waals surface area contributed by atoms with Gasteiger partial charge in [-0.2, -0.15) is 0 Å². The lowest BCUT2D eigenvalue weighted by molar-refractivity contribution is -0.143. The predicted octanol–water partition coefficient (Wildman–Crippen LogP) is 3.64. The monoisotopic (exact) mass is 386 g/mol. The van der Waals surface area contributed by atoms with Crippen molar-refractivity contribution in [2.24, 2.45) is 0 Å². The van der Waals surface area contributed by atoms with Gasteiger partial charge in [-0.1, -0.05) is 54.6 Å². The van der Waals surface area contributed by atoms with E-state index in [0.29, 0.717) is 6.54 Å². The second kappa shape index (κ2) is 8.27. The molecule has 0 atom stereocenters. The highest BCUT2D eigenvalue weighted by atomic mass is 16.5. The largest absolute Gasteiger partial charge is 0.452 e. The number of carbonyl (C=O) groups is 2. The summed E-state index contributed by atoms with van der Waals surface area (Å²) < 4.78 is 5.07. The molecular formula is C24H22N2O3. The van der Waals surface area contributed by atoms with E-state index in [4.69, 9.17) is 4.74 Å². The summed E-state index contributed by atoms with van der Waals surface area (Å²) in [7, 11) is 0. The minimum Gasteiger partial charge on any atom is -0.452 e. The number of aromatic nitrogens is 1. The van der Waals surface area contributed by atoms with E-state index in [1.807, 2.05) is 48.5 Å². The van der Waals surface area contributed by atoms with E-state index in [-0.39, 0.29) is 17.9 Å². The predicted molar refractivity (Wildman–Crippen MR) is 112 cm³/mol. The van der Waals surface area contributed by atoms with Crippen LogP contribution in [0.5, 0.6) is 0 Å². The highest BCUT2D eigenvalue weighted by Crippen LogP contribution is 2.47. The molecule has 1 fully saturated rings. The van der Waals surface area contributed by atoms with Crippen molar-refractivity contribution in [3.05, 3.63) is 84.1 Å². The summed E-state index contributed by atoms with van der Waals surface area (Å²) in [5.74, 6) is -0.849. The topological polar surface area (TPSA) is 68.3 Å². The SMILES string of the molecule is O=C(COC(=O)/C=C/c1cccc2cccnc12)NCC1(c2ccccc2)CC1. The Hall–Kier alpha value is -3.47. The lowest BCUT2D eigenvalue weighted by Gasteiger charge is -2.16. The van der Waals surface area contributed by atoms with E-state index in [1.165, 1.54) is 11.6 Å². The Bertz CT molecular complexity index is 1050. The lowest BCUT2D eigenvalue weighted by atomic mass is 9.96. The van der Waals surface area contributed by atoms with Crippen molar-refractivity contribution in [3.63, 3.8) is 0 Å². The van der Waals surface area contributed by atoms with Gasteiger partial charge in [-0.25, -0.2) is 4.79 Å². The van der Waals surface area contributed by atoms with Crippen LogP contribution < -0.4 is 5.32 Å². The van der Waals surface area contributed by atoms with E-state index in [2.05, 4.69) is 22.4 Å². The van der Waals surface area contributed by atoms with Crippen LogP contribution in [0.3, 0.4) is 0 Å². The number of rotatable bonds is 7. The summed E-state index contributed by atoms with van der Waals surface area (Å²) in [5.41, 5.74) is 2.90. The lowest BCUT2D eigenvalue weighted by Crippen LogP contribution is -2.35. The number of hydrogen-bond donors (Lipinski definition) is 1. The number of nitrogens with zero attached hydrogens (tertiary/aromatic N) is 1. The summed E-state index contributed by atoms with van der Waals surface area (Å²) in [5, 5.41) is 3.88. The van der Waals surface area contributed by atoms with Crippen molar-refractivity contribution in [1.29, 1.82) is 0 Å². The van der Waals surface area contributed by atoms with Crippen LogP contribution in [0.25, 0.3) is 17.0 Å². The number of hydrogen-bond acceptors (Lipinski definition) is 4. The molecular weight excluding hydrogens is 364 g/mol. The molecule has 29 heavy (non-hydrogen) atoms. The number of para-hydroxylation sites is 1. The van der Waals surface area contributed by atoms with Crippen LogP contribution >= 0.6 is 0 Å². The Morgan fingerprint density at radius 1 is 1.03 bits per heavy atom. The first-order valence-corrected chi connectivity index (χ1v) is 9.67. The Labute approximate surface area is 169 Å². The Morgan fingerprint density at radius 3 is 2.62 bits per heavy atom. The van der Waals surface area contributed by atoms with Crippen molar-refractivity contribution < 1.29 is 14.3 Å². The van der Waals surface area contributed by atoms with Gasteiger partial charge < -0.3 is 10.1 Å². The third kappa shape index (κ3) is 4.51. The van der Waals surface area contributed by atoms with Gasteiger partial charge in [0.1, 0.15) is 0 Å². The van der Waals surface area contributed by atoms with Gasteiger partial charge in [0, 0.05) is 35.2 Å². The molecule has 0 unspecified atom stereocenters. The summed E-state index contributed by atoms with van der Waals surface area (Å²) in [4.78, 5) is 28.4. The maximum Gasteiger partial charge on any atom is 0.331 e. The van der Waals surface area contributed by atoms with Crippen LogP contribution in [-0.2, 0) is 19.7 Å². The number of pyridine rings is 1. The quantitative estimate of drug-likeness (QED) is 0.497. The molecule has 1 amide bonds. The third-order valence-electron chi connectivity index (χ3n) is 5.27. The first kappa shape index (κ1) is 18.9. The van der Waals surface area contributed by atoms with Crippen molar-refractivity contribution >= 4 is 28.9 Å². The van der Waals surface area contributed by atoms with Crippen LogP contribution in [0.15, 0.2) is 72.9 Å². The molecule has 0 bridgehead atoms. The number of amides is 1. The average molecular weight is 386 g/mol. The molecule has 1 aliphatic rings. The van der Waals surface area contributed by atoms with Gasteiger partial charge in [0.05, 0.1) is 5.52 Å². The van der Waals surface area contributed by atoms with Crippen molar-refractivity contribution in [3.8, 4) is 0 Å². The molecule has 146 valence electrons. The van der Waals surface area contributed by atoms with Crippen LogP contribution in [-0.4, -0.2) is 30.0 Å². The van der Waals surface area contributed by atoms with Gasteiger partial charge in [0.2, 0.25) is 0 Å². The van der Waals surface area contributed by atoms with E-state index < -0.39 is 5.97 Å². The van der Waals surface area contributed by atoms with Gasteiger partial charge in [-0.15, -0.1) is 0 Å². The normalized spacial score (nSPS) is 14.6. The van der Waals surface area contributed by atoms with Crippen LogP contribution in [0.1, 0.15) is 24.0 Å². The molecule has 0 spiro atoms. The summed E-state index contributed by atoms with van der Waals surface area (Å²) in [6.07, 6.45) is 6.80. The third-order valence-corrected chi connectivity index (χ3v) is 5.27. The molecule has 1 aliphatic carbocycles. The van der Waals surface area contributed by atoms with Gasteiger partial charge in [-0.05, 0) is 30.5 Å². The molecule has 0 radical (unpaired) electrons. The number of nitrogens with one attached hydrogen (secondary N) is 1. The number of benzene rings is 2.